The summed E-state index contributed by atoms with van der Waals surface area (Å²) in [6.45, 7) is 3.52. The third-order valence-corrected chi connectivity index (χ3v) is 3.90. The van der Waals surface area contributed by atoms with E-state index in [9.17, 15) is 19.2 Å². The second-order valence-electron chi connectivity index (χ2n) is 5.39. The standard InChI is InChI=1S/C11H11NO4.C9H8ClNO4/c1-4-9-8(11(14)16-3)5-7(6-12-9)10(13)15-2;1-14-8(12)5-3-6(9(13)15-2)7(10)11-4-5/h4-6H,1H2,2-3H3;3-4H,1-2H3. The van der Waals surface area contributed by atoms with E-state index >= 15 is 0 Å². The van der Waals surface area contributed by atoms with Gasteiger partial charge < -0.3 is 18.9 Å². The number of nitrogens with zero attached hydrogens (tertiary/aromatic N) is 2. The number of esters is 4. The predicted molar refractivity (Wildman–Crippen MR) is 109 cm³/mol. The van der Waals surface area contributed by atoms with E-state index < -0.39 is 23.9 Å². The molecular weight excluding hydrogens is 432 g/mol. The summed E-state index contributed by atoms with van der Waals surface area (Å²) in [5.41, 5.74) is 0.901. The number of halogens is 1. The molecule has 0 amide bonds. The van der Waals surface area contributed by atoms with Crippen LogP contribution in [0.25, 0.3) is 6.08 Å². The number of hydrogen-bond donors (Lipinski definition) is 0. The summed E-state index contributed by atoms with van der Waals surface area (Å²) >= 11 is 5.65. The van der Waals surface area contributed by atoms with Crippen LogP contribution < -0.4 is 0 Å². The van der Waals surface area contributed by atoms with Gasteiger partial charge in [0.25, 0.3) is 0 Å². The van der Waals surface area contributed by atoms with Gasteiger partial charge in [0.15, 0.2) is 0 Å². The maximum absolute atomic E-state index is 11.4. The van der Waals surface area contributed by atoms with E-state index in [1.807, 2.05) is 0 Å². The predicted octanol–water partition coefficient (Wildman–Crippen LogP) is 2.61. The molecule has 0 N–H and O–H groups in total. The maximum atomic E-state index is 11.4. The number of rotatable bonds is 5. The van der Waals surface area contributed by atoms with Gasteiger partial charge in [0.2, 0.25) is 0 Å². The van der Waals surface area contributed by atoms with Gasteiger partial charge in [-0.3, -0.25) is 4.98 Å². The van der Waals surface area contributed by atoms with Crippen LogP contribution in [0.5, 0.6) is 0 Å². The molecule has 0 aliphatic carbocycles. The fraction of sp³-hybridized carbons (Fsp3) is 0.200. The first-order chi connectivity index (χ1) is 14.7. The fourth-order valence-electron chi connectivity index (χ4n) is 2.07. The molecule has 164 valence electrons. The van der Waals surface area contributed by atoms with Crippen molar-refractivity contribution in [1.82, 2.24) is 9.97 Å². The Morgan fingerprint density at radius 3 is 1.65 bits per heavy atom. The Morgan fingerprint density at radius 2 is 1.19 bits per heavy atom. The molecule has 0 bridgehead atoms. The number of aromatic nitrogens is 2. The Kier molecular flexibility index (Phi) is 9.80. The van der Waals surface area contributed by atoms with Gasteiger partial charge in [0, 0.05) is 12.4 Å². The Labute approximate surface area is 182 Å². The van der Waals surface area contributed by atoms with Crippen molar-refractivity contribution in [3.8, 4) is 0 Å². The molecule has 0 radical (unpaired) electrons. The Balaban J connectivity index is 0.000000311. The maximum Gasteiger partial charge on any atom is 0.341 e. The van der Waals surface area contributed by atoms with E-state index in [2.05, 4.69) is 35.5 Å². The summed E-state index contributed by atoms with van der Waals surface area (Å²) in [6, 6.07) is 2.63. The number of carbonyl (C=O) groups is 4. The van der Waals surface area contributed by atoms with Crippen LogP contribution in [-0.2, 0) is 18.9 Å². The molecule has 10 nitrogen and oxygen atoms in total. The minimum absolute atomic E-state index is 0.0190. The zero-order valence-electron chi connectivity index (χ0n) is 17.1. The number of pyridine rings is 2. The van der Waals surface area contributed by atoms with E-state index in [0.29, 0.717) is 5.69 Å². The largest absolute Gasteiger partial charge is 0.465 e. The molecule has 0 aromatic carbocycles. The van der Waals surface area contributed by atoms with Crippen molar-refractivity contribution in [3.63, 3.8) is 0 Å². The number of carbonyl (C=O) groups excluding carboxylic acids is 4. The first kappa shape index (κ1) is 25.2. The zero-order chi connectivity index (χ0) is 23.6. The van der Waals surface area contributed by atoms with Crippen LogP contribution in [0.1, 0.15) is 47.1 Å². The van der Waals surface area contributed by atoms with Crippen LogP contribution in [0.15, 0.2) is 31.1 Å². The molecule has 2 heterocycles. The van der Waals surface area contributed by atoms with Crippen LogP contribution in [0.4, 0.5) is 0 Å². The first-order valence-corrected chi connectivity index (χ1v) is 8.73. The van der Waals surface area contributed by atoms with E-state index in [1.165, 1.54) is 59.0 Å². The van der Waals surface area contributed by atoms with E-state index in [0.717, 1.165) is 0 Å². The zero-order valence-corrected chi connectivity index (χ0v) is 17.9. The van der Waals surface area contributed by atoms with Gasteiger partial charge in [-0.2, -0.15) is 0 Å². The second kappa shape index (κ2) is 12.0. The van der Waals surface area contributed by atoms with Crippen LogP contribution in [0.2, 0.25) is 5.15 Å². The summed E-state index contributed by atoms with van der Waals surface area (Å²) in [7, 11) is 4.94. The molecular formula is C20H19ClN2O8. The van der Waals surface area contributed by atoms with Gasteiger partial charge >= 0.3 is 23.9 Å². The number of ether oxygens (including phenoxy) is 4. The van der Waals surface area contributed by atoms with E-state index in [-0.39, 0.29) is 27.4 Å². The Bertz CT molecular complexity index is 1010. The normalized spacial score (nSPS) is 9.45. The van der Waals surface area contributed by atoms with Crippen molar-refractivity contribution < 1.29 is 38.1 Å². The van der Waals surface area contributed by atoms with Gasteiger partial charge in [-0.1, -0.05) is 18.2 Å². The lowest BCUT2D eigenvalue weighted by Gasteiger charge is -2.05. The van der Waals surface area contributed by atoms with Gasteiger partial charge in [-0.05, 0) is 18.2 Å². The smallest absolute Gasteiger partial charge is 0.341 e. The first-order valence-electron chi connectivity index (χ1n) is 8.35. The molecule has 11 heteroatoms. The summed E-state index contributed by atoms with van der Waals surface area (Å²) < 4.78 is 18.0. The summed E-state index contributed by atoms with van der Waals surface area (Å²) in [4.78, 5) is 52.6. The third kappa shape index (κ3) is 6.61. The minimum Gasteiger partial charge on any atom is -0.465 e. The van der Waals surface area contributed by atoms with Gasteiger partial charge in [-0.15, -0.1) is 0 Å². The Hall–Kier alpha value is -3.79. The lowest BCUT2D eigenvalue weighted by Crippen LogP contribution is -2.09. The lowest BCUT2D eigenvalue weighted by atomic mass is 10.1. The van der Waals surface area contributed by atoms with Crippen molar-refractivity contribution in [2.24, 2.45) is 0 Å². The average molecular weight is 451 g/mol. The van der Waals surface area contributed by atoms with Crippen LogP contribution in [0.3, 0.4) is 0 Å². The van der Waals surface area contributed by atoms with E-state index in [4.69, 9.17) is 11.6 Å². The molecule has 2 aromatic heterocycles. The summed E-state index contributed by atoms with van der Waals surface area (Å²) in [5, 5.41) is -0.0190. The quantitative estimate of drug-likeness (QED) is 0.380. The summed E-state index contributed by atoms with van der Waals surface area (Å²) in [5.74, 6) is -2.39. The van der Waals surface area contributed by atoms with Crippen molar-refractivity contribution in [1.29, 1.82) is 0 Å². The second-order valence-corrected chi connectivity index (χ2v) is 5.75. The van der Waals surface area contributed by atoms with Crippen molar-refractivity contribution in [3.05, 3.63) is 64.2 Å². The lowest BCUT2D eigenvalue weighted by molar-refractivity contribution is 0.0580. The Morgan fingerprint density at radius 1 is 0.774 bits per heavy atom. The molecule has 0 spiro atoms. The third-order valence-electron chi connectivity index (χ3n) is 3.60. The fourth-order valence-corrected chi connectivity index (χ4v) is 2.25. The molecule has 0 unspecified atom stereocenters. The molecule has 0 aliphatic rings. The molecule has 0 saturated carbocycles. The van der Waals surface area contributed by atoms with Gasteiger partial charge in [0.1, 0.15) is 5.15 Å². The topological polar surface area (TPSA) is 131 Å². The van der Waals surface area contributed by atoms with E-state index in [1.54, 1.807) is 0 Å². The molecule has 0 fully saturated rings. The molecule has 2 rings (SSSR count). The highest BCUT2D eigenvalue weighted by molar-refractivity contribution is 6.32. The molecule has 0 saturated heterocycles. The average Bonchev–Trinajstić information content (AvgIpc) is 2.82. The SMILES string of the molecule is C=Cc1ncc(C(=O)OC)cc1C(=O)OC.COC(=O)c1cnc(Cl)c(C(=O)OC)c1. The highest BCUT2D eigenvalue weighted by Gasteiger charge is 2.16. The number of methoxy groups -OCH3 is 4. The molecule has 0 aliphatic heterocycles. The van der Waals surface area contributed by atoms with Crippen molar-refractivity contribution >= 4 is 41.6 Å². The highest BCUT2D eigenvalue weighted by Crippen LogP contribution is 2.16. The molecule has 31 heavy (non-hydrogen) atoms. The summed E-state index contributed by atoms with van der Waals surface area (Å²) in [6.07, 6.45) is 3.95. The number of hydrogen-bond acceptors (Lipinski definition) is 10. The van der Waals surface area contributed by atoms with Crippen molar-refractivity contribution in [2.45, 2.75) is 0 Å². The van der Waals surface area contributed by atoms with Crippen LogP contribution >= 0.6 is 11.6 Å². The molecule has 0 atom stereocenters. The van der Waals surface area contributed by atoms with Gasteiger partial charge in [0.05, 0.1) is 56.4 Å². The highest BCUT2D eigenvalue weighted by atomic mass is 35.5. The van der Waals surface area contributed by atoms with Crippen LogP contribution in [-0.4, -0.2) is 62.3 Å². The monoisotopic (exact) mass is 450 g/mol. The van der Waals surface area contributed by atoms with Gasteiger partial charge in [-0.25, -0.2) is 24.2 Å². The molecule has 2 aromatic rings. The minimum atomic E-state index is -0.654. The van der Waals surface area contributed by atoms with Crippen molar-refractivity contribution in [2.75, 3.05) is 28.4 Å². The van der Waals surface area contributed by atoms with Crippen LogP contribution in [0, 0.1) is 0 Å².